The SMILES string of the molecule is C=C[C@@]1(C)CC[C@H]2C(=CC[C@@H]3[C@]2(C)CCC[C@@]3(C)N=C=O)C1. The number of isocyanates is 1. The number of hydrogen-bond acceptors (Lipinski definition) is 2. The standard InChI is InChI=1S/C20H29NO/c1-5-18(2)12-9-16-15(13-18)7-8-17-19(16,3)10-6-11-20(17,4)21-14-22/h5,7,16-17H,1,6,8-13H2,2-4H3/t16-,17+,18-,19+,20+/m0/s1. The van der Waals surface area contributed by atoms with Gasteiger partial charge in [0.1, 0.15) is 0 Å². The largest absolute Gasteiger partial charge is 0.235 e. The molecule has 0 aromatic rings. The summed E-state index contributed by atoms with van der Waals surface area (Å²) in [4.78, 5) is 15.2. The van der Waals surface area contributed by atoms with Gasteiger partial charge in [0.05, 0.1) is 5.54 Å². The van der Waals surface area contributed by atoms with Gasteiger partial charge < -0.3 is 0 Å². The minimum Gasteiger partial charge on any atom is -0.211 e. The van der Waals surface area contributed by atoms with E-state index in [4.69, 9.17) is 0 Å². The highest BCUT2D eigenvalue weighted by molar-refractivity contribution is 5.36. The number of rotatable bonds is 2. The van der Waals surface area contributed by atoms with Crippen molar-refractivity contribution in [3.63, 3.8) is 0 Å². The number of carbonyl (C=O) groups excluding carboxylic acids is 1. The average Bonchev–Trinajstić information content (AvgIpc) is 2.47. The molecule has 2 heteroatoms. The van der Waals surface area contributed by atoms with Crippen LogP contribution in [0.2, 0.25) is 0 Å². The summed E-state index contributed by atoms with van der Waals surface area (Å²) < 4.78 is 0. The maximum atomic E-state index is 10.9. The van der Waals surface area contributed by atoms with Gasteiger partial charge >= 0.3 is 0 Å². The van der Waals surface area contributed by atoms with Crippen LogP contribution in [-0.4, -0.2) is 11.6 Å². The van der Waals surface area contributed by atoms with Gasteiger partial charge in [-0.15, -0.1) is 6.58 Å². The normalized spacial score (nSPS) is 47.5. The van der Waals surface area contributed by atoms with Crippen LogP contribution < -0.4 is 0 Å². The Hall–Kier alpha value is -1.14. The van der Waals surface area contributed by atoms with Crippen molar-refractivity contribution in [1.29, 1.82) is 0 Å². The molecule has 2 saturated carbocycles. The van der Waals surface area contributed by atoms with Crippen molar-refractivity contribution in [2.45, 2.75) is 71.3 Å². The van der Waals surface area contributed by atoms with Gasteiger partial charge in [-0.25, -0.2) is 4.79 Å². The highest BCUT2D eigenvalue weighted by Gasteiger charge is 2.55. The fourth-order valence-electron chi connectivity index (χ4n) is 5.81. The van der Waals surface area contributed by atoms with Gasteiger partial charge in [0.15, 0.2) is 0 Å². The quantitative estimate of drug-likeness (QED) is 0.391. The summed E-state index contributed by atoms with van der Waals surface area (Å²) >= 11 is 0. The van der Waals surface area contributed by atoms with E-state index >= 15 is 0 Å². The minimum absolute atomic E-state index is 0.212. The van der Waals surface area contributed by atoms with Gasteiger partial charge in [0.2, 0.25) is 6.08 Å². The third-order valence-electron chi connectivity index (χ3n) is 7.21. The van der Waals surface area contributed by atoms with Crippen LogP contribution in [0.1, 0.15) is 65.7 Å². The topological polar surface area (TPSA) is 29.4 Å². The number of allylic oxidation sites excluding steroid dienone is 3. The monoisotopic (exact) mass is 299 g/mol. The Kier molecular flexibility index (Phi) is 3.72. The summed E-state index contributed by atoms with van der Waals surface area (Å²) in [5.41, 5.74) is 1.99. The predicted octanol–water partition coefficient (Wildman–Crippen LogP) is 5.21. The molecule has 0 amide bonds. The van der Waals surface area contributed by atoms with Gasteiger partial charge in [-0.05, 0) is 68.1 Å². The Morgan fingerprint density at radius 2 is 2.09 bits per heavy atom. The molecule has 5 atom stereocenters. The first kappa shape index (κ1) is 15.7. The highest BCUT2D eigenvalue weighted by Crippen LogP contribution is 2.62. The van der Waals surface area contributed by atoms with Crippen LogP contribution in [0.3, 0.4) is 0 Å². The molecule has 22 heavy (non-hydrogen) atoms. The molecule has 0 bridgehead atoms. The predicted molar refractivity (Wildman–Crippen MR) is 90.3 cm³/mol. The molecule has 3 aliphatic carbocycles. The van der Waals surface area contributed by atoms with Crippen LogP contribution in [0.25, 0.3) is 0 Å². The lowest BCUT2D eigenvalue weighted by molar-refractivity contribution is -0.0166. The molecule has 2 nitrogen and oxygen atoms in total. The third-order valence-corrected chi connectivity index (χ3v) is 7.21. The Morgan fingerprint density at radius 1 is 1.32 bits per heavy atom. The third kappa shape index (κ3) is 2.24. The van der Waals surface area contributed by atoms with Crippen LogP contribution in [0.4, 0.5) is 0 Å². The van der Waals surface area contributed by atoms with E-state index < -0.39 is 0 Å². The lowest BCUT2D eigenvalue weighted by atomic mass is 9.47. The smallest absolute Gasteiger partial charge is 0.211 e. The zero-order chi connectivity index (χ0) is 16.0. The van der Waals surface area contributed by atoms with Gasteiger partial charge in [0.25, 0.3) is 0 Å². The molecular weight excluding hydrogens is 270 g/mol. The minimum atomic E-state index is -0.212. The second-order valence-corrected chi connectivity index (χ2v) is 8.61. The molecule has 0 N–H and O–H groups in total. The summed E-state index contributed by atoms with van der Waals surface area (Å²) in [6.45, 7) is 11.0. The summed E-state index contributed by atoms with van der Waals surface area (Å²) in [6.07, 6.45) is 14.7. The first-order valence-electron chi connectivity index (χ1n) is 8.78. The molecule has 120 valence electrons. The second kappa shape index (κ2) is 5.20. The van der Waals surface area contributed by atoms with Gasteiger partial charge in [-0.1, -0.05) is 38.0 Å². The second-order valence-electron chi connectivity index (χ2n) is 8.61. The molecule has 0 spiro atoms. The molecule has 0 aromatic carbocycles. The summed E-state index contributed by atoms with van der Waals surface area (Å²) in [7, 11) is 0. The van der Waals surface area contributed by atoms with Gasteiger partial charge in [-0.2, -0.15) is 4.99 Å². The molecule has 0 radical (unpaired) electrons. The summed E-state index contributed by atoms with van der Waals surface area (Å²) in [6, 6.07) is 0. The van der Waals surface area contributed by atoms with E-state index in [1.165, 1.54) is 25.7 Å². The van der Waals surface area contributed by atoms with E-state index in [1.807, 2.05) is 6.08 Å². The van der Waals surface area contributed by atoms with Crippen molar-refractivity contribution >= 4 is 6.08 Å². The zero-order valence-corrected chi connectivity index (χ0v) is 14.3. The van der Waals surface area contributed by atoms with E-state index in [-0.39, 0.29) is 11.0 Å². The Labute approximate surface area is 134 Å². The van der Waals surface area contributed by atoms with Crippen molar-refractivity contribution in [1.82, 2.24) is 0 Å². The summed E-state index contributed by atoms with van der Waals surface area (Å²) in [5.74, 6) is 1.15. The van der Waals surface area contributed by atoms with Crippen LogP contribution >= 0.6 is 0 Å². The fourth-order valence-corrected chi connectivity index (χ4v) is 5.81. The van der Waals surface area contributed by atoms with Crippen LogP contribution in [0.15, 0.2) is 29.3 Å². The van der Waals surface area contributed by atoms with Crippen molar-refractivity contribution in [2.75, 3.05) is 0 Å². The summed E-state index contributed by atoms with van der Waals surface area (Å²) in [5, 5.41) is 0. The molecule has 0 saturated heterocycles. The van der Waals surface area contributed by atoms with E-state index in [0.29, 0.717) is 17.3 Å². The van der Waals surface area contributed by atoms with Crippen molar-refractivity contribution < 1.29 is 4.79 Å². The Balaban J connectivity index is 1.97. The molecule has 3 rings (SSSR count). The van der Waals surface area contributed by atoms with Gasteiger partial charge in [0, 0.05) is 0 Å². The van der Waals surface area contributed by atoms with E-state index in [1.54, 1.807) is 5.57 Å². The van der Waals surface area contributed by atoms with Crippen molar-refractivity contribution in [3.05, 3.63) is 24.3 Å². The number of fused-ring (bicyclic) bond motifs is 3. The van der Waals surface area contributed by atoms with Crippen molar-refractivity contribution in [2.24, 2.45) is 27.7 Å². The van der Waals surface area contributed by atoms with E-state index in [9.17, 15) is 4.79 Å². The first-order chi connectivity index (χ1) is 10.4. The van der Waals surface area contributed by atoms with Crippen LogP contribution in [-0.2, 0) is 4.79 Å². The lowest BCUT2D eigenvalue weighted by Gasteiger charge is -2.58. The van der Waals surface area contributed by atoms with E-state index in [0.717, 1.165) is 19.3 Å². The molecule has 0 aliphatic heterocycles. The fraction of sp³-hybridized carbons (Fsp3) is 0.750. The Morgan fingerprint density at radius 3 is 2.77 bits per heavy atom. The first-order valence-corrected chi connectivity index (χ1v) is 8.78. The molecular formula is C20H29NO. The maximum absolute atomic E-state index is 10.9. The van der Waals surface area contributed by atoms with Crippen LogP contribution in [0.5, 0.6) is 0 Å². The average molecular weight is 299 g/mol. The maximum Gasteiger partial charge on any atom is 0.235 e. The lowest BCUT2D eigenvalue weighted by Crippen LogP contribution is -2.53. The van der Waals surface area contributed by atoms with Crippen molar-refractivity contribution in [3.8, 4) is 0 Å². The molecule has 0 unspecified atom stereocenters. The molecule has 0 aromatic heterocycles. The number of hydrogen-bond donors (Lipinski definition) is 0. The zero-order valence-electron chi connectivity index (χ0n) is 14.3. The van der Waals surface area contributed by atoms with E-state index in [2.05, 4.69) is 44.5 Å². The molecule has 0 heterocycles. The van der Waals surface area contributed by atoms with Crippen LogP contribution in [0, 0.1) is 22.7 Å². The number of nitrogens with zero attached hydrogens (tertiary/aromatic N) is 1. The van der Waals surface area contributed by atoms with Gasteiger partial charge in [-0.3, -0.25) is 0 Å². The Bertz CT molecular complexity index is 558. The highest BCUT2D eigenvalue weighted by atomic mass is 16.1. The number of aliphatic imine (C=N–C) groups is 1. The molecule has 3 aliphatic rings. The molecule has 2 fully saturated rings.